The summed E-state index contributed by atoms with van der Waals surface area (Å²) in [6, 6.07) is 0. The van der Waals surface area contributed by atoms with E-state index < -0.39 is 11.0 Å². The third-order valence-corrected chi connectivity index (χ3v) is 5.04. The Kier molecular flexibility index (Phi) is 2.07. The second kappa shape index (κ2) is 3.21. The van der Waals surface area contributed by atoms with Gasteiger partial charge < -0.3 is 4.74 Å². The fraction of sp³-hybridized carbons (Fsp3) is 0.917. The highest BCUT2D eigenvalue weighted by atomic mass is 16.6. The maximum atomic E-state index is 12.0. The van der Waals surface area contributed by atoms with Crippen molar-refractivity contribution in [1.29, 1.82) is 0 Å². The Morgan fingerprint density at radius 2 is 1.88 bits per heavy atom. The Morgan fingerprint density at radius 3 is 2.35 bits per heavy atom. The van der Waals surface area contributed by atoms with E-state index in [-0.39, 0.29) is 10.9 Å². The molecule has 0 heterocycles. The van der Waals surface area contributed by atoms with Gasteiger partial charge in [-0.1, -0.05) is 0 Å². The predicted octanol–water partition coefficient (Wildman–Crippen LogP) is 1.78. The molecule has 2 unspecified atom stereocenters. The van der Waals surface area contributed by atoms with E-state index in [1.54, 1.807) is 0 Å². The SMILES string of the molecule is COC(=O)C12C[C@H]3C[C@@H](C1)CC([N+](=O)[O-])(C3)C2. The highest BCUT2D eigenvalue weighted by molar-refractivity contribution is 5.77. The summed E-state index contributed by atoms with van der Waals surface area (Å²) >= 11 is 0. The normalized spacial score (nSPS) is 46.9. The third kappa shape index (κ3) is 1.34. The molecule has 0 radical (unpaired) electrons. The van der Waals surface area contributed by atoms with Gasteiger partial charge in [-0.3, -0.25) is 14.9 Å². The molecule has 5 nitrogen and oxygen atoms in total. The highest BCUT2D eigenvalue weighted by Gasteiger charge is 2.66. The zero-order valence-electron chi connectivity index (χ0n) is 9.98. The van der Waals surface area contributed by atoms with Crippen LogP contribution in [0, 0.1) is 27.4 Å². The first-order valence-corrected chi connectivity index (χ1v) is 6.23. The Balaban J connectivity index is 2.00. The Labute approximate surface area is 99.7 Å². The van der Waals surface area contributed by atoms with Gasteiger partial charge in [0.2, 0.25) is 5.54 Å². The number of ether oxygens (including phenoxy) is 1. The van der Waals surface area contributed by atoms with Crippen LogP contribution in [0.5, 0.6) is 0 Å². The average Bonchev–Trinajstić information content (AvgIpc) is 2.26. The molecule has 4 saturated carbocycles. The number of carbonyl (C=O) groups excluding carboxylic acids is 1. The number of hydrogen-bond acceptors (Lipinski definition) is 4. The smallest absolute Gasteiger partial charge is 0.312 e. The van der Waals surface area contributed by atoms with E-state index in [0.717, 1.165) is 19.3 Å². The van der Waals surface area contributed by atoms with Gasteiger partial charge in [0.15, 0.2) is 0 Å². The van der Waals surface area contributed by atoms with Crippen LogP contribution in [0.15, 0.2) is 0 Å². The predicted molar refractivity (Wildman–Crippen MR) is 58.9 cm³/mol. The minimum Gasteiger partial charge on any atom is -0.469 e. The van der Waals surface area contributed by atoms with Gasteiger partial charge in [0.1, 0.15) is 0 Å². The van der Waals surface area contributed by atoms with Crippen LogP contribution in [0.3, 0.4) is 0 Å². The summed E-state index contributed by atoms with van der Waals surface area (Å²) < 4.78 is 4.90. The molecule has 4 atom stereocenters. The molecule has 0 aromatic carbocycles. The molecule has 0 saturated heterocycles. The first-order valence-electron chi connectivity index (χ1n) is 6.23. The van der Waals surface area contributed by atoms with Crippen LogP contribution in [0.4, 0.5) is 0 Å². The van der Waals surface area contributed by atoms with Gasteiger partial charge in [-0.25, -0.2) is 0 Å². The zero-order chi connectivity index (χ0) is 12.3. The third-order valence-electron chi connectivity index (χ3n) is 5.04. The van der Waals surface area contributed by atoms with Gasteiger partial charge in [-0.15, -0.1) is 0 Å². The fourth-order valence-electron chi connectivity index (χ4n) is 4.88. The van der Waals surface area contributed by atoms with Gasteiger partial charge in [-0.2, -0.15) is 0 Å². The average molecular weight is 239 g/mol. The number of methoxy groups -OCH3 is 1. The van der Waals surface area contributed by atoms with Crippen LogP contribution in [0.1, 0.15) is 38.5 Å². The second-order valence-electron chi connectivity index (χ2n) is 6.21. The quantitative estimate of drug-likeness (QED) is 0.418. The number of nitrogens with zero attached hydrogens (tertiary/aromatic N) is 1. The monoisotopic (exact) mass is 239 g/mol. The summed E-state index contributed by atoms with van der Waals surface area (Å²) in [5.74, 6) is 0.472. The molecule has 5 heteroatoms. The van der Waals surface area contributed by atoms with Gasteiger partial charge in [0.25, 0.3) is 0 Å². The summed E-state index contributed by atoms with van der Waals surface area (Å²) in [5, 5.41) is 11.4. The largest absolute Gasteiger partial charge is 0.469 e. The number of esters is 1. The van der Waals surface area contributed by atoms with Gasteiger partial charge in [0, 0.05) is 24.2 Å². The van der Waals surface area contributed by atoms with Crippen molar-refractivity contribution in [3.63, 3.8) is 0 Å². The maximum Gasteiger partial charge on any atom is 0.312 e. The van der Waals surface area contributed by atoms with Crippen molar-refractivity contribution in [3.05, 3.63) is 10.1 Å². The second-order valence-corrected chi connectivity index (χ2v) is 6.21. The lowest BCUT2D eigenvalue weighted by atomic mass is 9.47. The molecule has 94 valence electrons. The number of carbonyl (C=O) groups is 1. The summed E-state index contributed by atoms with van der Waals surface area (Å²) in [6.07, 6.45) is 4.38. The van der Waals surface area contributed by atoms with E-state index in [9.17, 15) is 14.9 Å². The van der Waals surface area contributed by atoms with Crippen molar-refractivity contribution in [2.45, 2.75) is 44.1 Å². The molecule has 0 amide bonds. The van der Waals surface area contributed by atoms with Gasteiger partial charge in [-0.05, 0) is 31.1 Å². The van der Waals surface area contributed by atoms with Crippen LogP contribution in [-0.2, 0) is 9.53 Å². The van der Waals surface area contributed by atoms with Crippen LogP contribution < -0.4 is 0 Å². The Morgan fingerprint density at radius 1 is 1.29 bits per heavy atom. The van der Waals surface area contributed by atoms with Crippen molar-refractivity contribution >= 4 is 5.97 Å². The van der Waals surface area contributed by atoms with Crippen LogP contribution in [-0.4, -0.2) is 23.5 Å². The number of rotatable bonds is 2. The molecule has 4 aliphatic carbocycles. The summed E-state index contributed by atoms with van der Waals surface area (Å²) in [5.41, 5.74) is -1.38. The summed E-state index contributed by atoms with van der Waals surface area (Å²) in [4.78, 5) is 23.2. The van der Waals surface area contributed by atoms with Crippen LogP contribution in [0.2, 0.25) is 0 Å². The molecule has 4 rings (SSSR count). The number of hydrogen-bond donors (Lipinski definition) is 0. The van der Waals surface area contributed by atoms with E-state index in [2.05, 4.69) is 0 Å². The highest BCUT2D eigenvalue weighted by Crippen LogP contribution is 2.62. The molecular formula is C12H17NO4. The van der Waals surface area contributed by atoms with Crippen molar-refractivity contribution in [3.8, 4) is 0 Å². The molecule has 0 spiro atoms. The fourth-order valence-corrected chi connectivity index (χ4v) is 4.88. The molecular weight excluding hydrogens is 222 g/mol. The first-order chi connectivity index (χ1) is 8.00. The standard InChI is InChI=1S/C12H17NO4/c1-17-10(14)11-3-8-2-9(4-11)6-12(5-8,7-11)13(15)16/h8-9H,2-7H2,1H3/t8-,9+,11?,12?. The topological polar surface area (TPSA) is 69.4 Å². The van der Waals surface area contributed by atoms with Crippen molar-refractivity contribution in [2.24, 2.45) is 17.3 Å². The molecule has 17 heavy (non-hydrogen) atoms. The number of nitro groups is 1. The molecule has 0 aromatic rings. The first kappa shape index (κ1) is 11.0. The van der Waals surface area contributed by atoms with Crippen molar-refractivity contribution < 1.29 is 14.5 Å². The van der Waals surface area contributed by atoms with Crippen LogP contribution >= 0.6 is 0 Å². The molecule has 0 N–H and O–H groups in total. The maximum absolute atomic E-state index is 12.0. The van der Waals surface area contributed by atoms with E-state index in [0.29, 0.717) is 31.1 Å². The van der Waals surface area contributed by atoms with E-state index in [1.807, 2.05) is 0 Å². The van der Waals surface area contributed by atoms with Gasteiger partial charge >= 0.3 is 5.97 Å². The Hall–Kier alpha value is -1.13. The lowest BCUT2D eigenvalue weighted by molar-refractivity contribution is -0.590. The minimum absolute atomic E-state index is 0.123. The van der Waals surface area contributed by atoms with Crippen molar-refractivity contribution in [1.82, 2.24) is 0 Å². The molecule has 4 fully saturated rings. The lowest BCUT2D eigenvalue weighted by Crippen LogP contribution is -2.61. The van der Waals surface area contributed by atoms with Crippen LogP contribution in [0.25, 0.3) is 0 Å². The summed E-state index contributed by atoms with van der Waals surface area (Å²) in [6.45, 7) is 0. The zero-order valence-corrected chi connectivity index (χ0v) is 9.98. The molecule has 0 aromatic heterocycles. The molecule has 4 aliphatic rings. The Bertz CT molecular complexity index is 378. The van der Waals surface area contributed by atoms with E-state index in [1.165, 1.54) is 7.11 Å². The van der Waals surface area contributed by atoms with E-state index >= 15 is 0 Å². The molecule has 0 aliphatic heterocycles. The van der Waals surface area contributed by atoms with E-state index in [4.69, 9.17) is 4.74 Å². The van der Waals surface area contributed by atoms with Crippen molar-refractivity contribution in [2.75, 3.05) is 7.11 Å². The van der Waals surface area contributed by atoms with Gasteiger partial charge in [0.05, 0.1) is 12.5 Å². The summed E-state index contributed by atoms with van der Waals surface area (Å²) in [7, 11) is 1.39. The lowest BCUT2D eigenvalue weighted by Gasteiger charge is -2.56. The molecule has 4 bridgehead atoms. The minimum atomic E-state index is -0.835.